The van der Waals surface area contributed by atoms with Gasteiger partial charge in [0.25, 0.3) is 0 Å². The SMILES string of the molecule is COc1cccc([C@]2(C(=O)NCCc3c[nH]c4ccc(C)cc34)C[C@@H]3CCC(=O)N3C2)c1. The van der Waals surface area contributed by atoms with Crippen LogP contribution in [0.15, 0.2) is 48.7 Å². The van der Waals surface area contributed by atoms with Crippen LogP contribution in [0.5, 0.6) is 5.75 Å². The van der Waals surface area contributed by atoms with E-state index in [1.165, 1.54) is 16.5 Å². The Bertz CT molecular complexity index is 1180. The van der Waals surface area contributed by atoms with Gasteiger partial charge in [-0.15, -0.1) is 0 Å². The van der Waals surface area contributed by atoms with Crippen LogP contribution in [0.25, 0.3) is 10.9 Å². The largest absolute Gasteiger partial charge is 0.497 e. The third kappa shape index (κ3) is 3.44. The van der Waals surface area contributed by atoms with Crippen LogP contribution in [0.1, 0.15) is 36.0 Å². The van der Waals surface area contributed by atoms with Crippen molar-refractivity contribution in [2.24, 2.45) is 0 Å². The van der Waals surface area contributed by atoms with Crippen LogP contribution in [0, 0.1) is 6.92 Å². The molecule has 6 nitrogen and oxygen atoms in total. The zero-order chi connectivity index (χ0) is 22.3. The minimum Gasteiger partial charge on any atom is -0.497 e. The van der Waals surface area contributed by atoms with Gasteiger partial charge in [0, 0.05) is 42.7 Å². The van der Waals surface area contributed by atoms with Crippen LogP contribution >= 0.6 is 0 Å². The summed E-state index contributed by atoms with van der Waals surface area (Å²) in [6, 6.07) is 14.2. The van der Waals surface area contributed by atoms with Gasteiger partial charge in [0.2, 0.25) is 11.8 Å². The van der Waals surface area contributed by atoms with Crippen molar-refractivity contribution in [3.63, 3.8) is 0 Å². The molecule has 2 N–H and O–H groups in total. The fraction of sp³-hybridized carbons (Fsp3) is 0.385. The lowest BCUT2D eigenvalue weighted by Crippen LogP contribution is -2.47. The van der Waals surface area contributed by atoms with Crippen molar-refractivity contribution in [2.45, 2.75) is 44.1 Å². The monoisotopic (exact) mass is 431 g/mol. The highest BCUT2D eigenvalue weighted by atomic mass is 16.5. The fourth-order valence-electron chi connectivity index (χ4n) is 5.38. The van der Waals surface area contributed by atoms with Gasteiger partial charge in [0.05, 0.1) is 12.5 Å². The van der Waals surface area contributed by atoms with Crippen molar-refractivity contribution in [2.75, 3.05) is 20.2 Å². The summed E-state index contributed by atoms with van der Waals surface area (Å²) in [5, 5.41) is 4.39. The Morgan fingerprint density at radius 3 is 2.97 bits per heavy atom. The summed E-state index contributed by atoms with van der Waals surface area (Å²) >= 11 is 0. The van der Waals surface area contributed by atoms with Crippen LogP contribution in [0.3, 0.4) is 0 Å². The predicted octanol–water partition coefficient (Wildman–Crippen LogP) is 3.48. The molecule has 0 unspecified atom stereocenters. The first-order valence-electron chi connectivity index (χ1n) is 11.3. The average Bonchev–Trinajstić information content (AvgIpc) is 3.48. The molecule has 166 valence electrons. The Morgan fingerprint density at radius 2 is 2.16 bits per heavy atom. The molecular formula is C26H29N3O3. The number of methoxy groups -OCH3 is 1. The third-order valence-electron chi connectivity index (χ3n) is 7.14. The normalized spacial score (nSPS) is 22.4. The van der Waals surface area contributed by atoms with E-state index in [-0.39, 0.29) is 17.9 Å². The van der Waals surface area contributed by atoms with Crippen LogP contribution in [-0.2, 0) is 21.4 Å². The highest BCUT2D eigenvalue weighted by Gasteiger charge is 2.53. The molecule has 2 aromatic carbocycles. The van der Waals surface area contributed by atoms with Crippen molar-refractivity contribution < 1.29 is 14.3 Å². The Hall–Kier alpha value is -3.28. The first kappa shape index (κ1) is 20.6. The summed E-state index contributed by atoms with van der Waals surface area (Å²) in [6.45, 7) is 3.06. The number of aromatic nitrogens is 1. The van der Waals surface area contributed by atoms with Gasteiger partial charge >= 0.3 is 0 Å². The molecule has 2 saturated heterocycles. The molecule has 2 amide bonds. The van der Waals surface area contributed by atoms with Gasteiger partial charge in [-0.3, -0.25) is 9.59 Å². The van der Waals surface area contributed by atoms with E-state index in [2.05, 4.69) is 35.4 Å². The molecule has 0 saturated carbocycles. The number of fused-ring (bicyclic) bond motifs is 2. The number of hydrogen-bond donors (Lipinski definition) is 2. The predicted molar refractivity (Wildman–Crippen MR) is 124 cm³/mol. The van der Waals surface area contributed by atoms with Crippen molar-refractivity contribution >= 4 is 22.7 Å². The van der Waals surface area contributed by atoms with E-state index < -0.39 is 5.41 Å². The molecule has 5 rings (SSSR count). The lowest BCUT2D eigenvalue weighted by molar-refractivity contribution is -0.129. The van der Waals surface area contributed by atoms with Crippen LogP contribution in [0.4, 0.5) is 0 Å². The number of ether oxygens (including phenoxy) is 1. The molecule has 2 aliphatic rings. The van der Waals surface area contributed by atoms with Gasteiger partial charge in [-0.2, -0.15) is 0 Å². The number of carbonyl (C=O) groups excluding carboxylic acids is 2. The minimum atomic E-state index is -0.744. The molecular weight excluding hydrogens is 402 g/mol. The first-order chi connectivity index (χ1) is 15.5. The number of hydrogen-bond acceptors (Lipinski definition) is 3. The summed E-state index contributed by atoms with van der Waals surface area (Å²) < 4.78 is 5.42. The summed E-state index contributed by atoms with van der Waals surface area (Å²) in [5.41, 5.74) is 3.70. The second-order valence-corrected chi connectivity index (χ2v) is 9.10. The molecule has 3 heterocycles. The number of H-pyrrole nitrogens is 1. The number of nitrogens with zero attached hydrogens (tertiary/aromatic N) is 1. The van der Waals surface area contributed by atoms with Crippen molar-refractivity contribution in [3.05, 3.63) is 65.4 Å². The summed E-state index contributed by atoms with van der Waals surface area (Å²) in [7, 11) is 1.63. The molecule has 2 fully saturated rings. The molecule has 0 bridgehead atoms. The van der Waals surface area contributed by atoms with E-state index in [9.17, 15) is 9.59 Å². The summed E-state index contributed by atoms with van der Waals surface area (Å²) in [6.07, 6.45) is 4.84. The smallest absolute Gasteiger partial charge is 0.232 e. The van der Waals surface area contributed by atoms with E-state index in [1.807, 2.05) is 35.4 Å². The molecule has 3 aromatic rings. The van der Waals surface area contributed by atoms with Gasteiger partial charge in [-0.25, -0.2) is 0 Å². The van der Waals surface area contributed by atoms with Gasteiger partial charge in [-0.1, -0.05) is 23.8 Å². The lowest BCUT2D eigenvalue weighted by atomic mass is 9.76. The second-order valence-electron chi connectivity index (χ2n) is 9.10. The highest BCUT2D eigenvalue weighted by molar-refractivity contribution is 5.91. The van der Waals surface area contributed by atoms with E-state index in [1.54, 1.807) is 7.11 Å². The van der Waals surface area contributed by atoms with Crippen LogP contribution < -0.4 is 10.1 Å². The molecule has 2 atom stereocenters. The zero-order valence-corrected chi connectivity index (χ0v) is 18.6. The van der Waals surface area contributed by atoms with E-state index >= 15 is 0 Å². The summed E-state index contributed by atoms with van der Waals surface area (Å²) in [4.78, 5) is 31.3. The second kappa shape index (κ2) is 8.01. The van der Waals surface area contributed by atoms with Crippen molar-refractivity contribution in [1.29, 1.82) is 0 Å². The molecule has 1 aromatic heterocycles. The third-order valence-corrected chi connectivity index (χ3v) is 7.14. The van der Waals surface area contributed by atoms with Gasteiger partial charge < -0.3 is 19.9 Å². The van der Waals surface area contributed by atoms with Crippen LogP contribution in [-0.4, -0.2) is 47.9 Å². The molecule has 0 spiro atoms. The van der Waals surface area contributed by atoms with Gasteiger partial charge in [0.15, 0.2) is 0 Å². The quantitative estimate of drug-likeness (QED) is 0.628. The molecule has 32 heavy (non-hydrogen) atoms. The van der Waals surface area contributed by atoms with E-state index in [0.717, 1.165) is 29.7 Å². The Labute approximate surface area is 187 Å². The average molecular weight is 432 g/mol. The molecule has 0 radical (unpaired) electrons. The maximum absolute atomic E-state index is 13.7. The number of aryl methyl sites for hydroxylation is 1. The number of nitrogens with one attached hydrogen (secondary N) is 2. The lowest BCUT2D eigenvalue weighted by Gasteiger charge is -2.29. The zero-order valence-electron chi connectivity index (χ0n) is 18.6. The number of benzene rings is 2. The van der Waals surface area contributed by atoms with E-state index in [4.69, 9.17) is 4.74 Å². The van der Waals surface area contributed by atoms with Crippen molar-refractivity contribution in [1.82, 2.24) is 15.2 Å². The number of carbonyl (C=O) groups is 2. The summed E-state index contributed by atoms with van der Waals surface area (Å²) in [5.74, 6) is 0.868. The van der Waals surface area contributed by atoms with Gasteiger partial charge in [-0.05, 0) is 61.6 Å². The Balaban J connectivity index is 1.37. The van der Waals surface area contributed by atoms with Crippen molar-refractivity contribution in [3.8, 4) is 5.75 Å². The molecule has 6 heteroatoms. The number of aromatic amines is 1. The first-order valence-corrected chi connectivity index (χ1v) is 11.3. The highest BCUT2D eigenvalue weighted by Crippen LogP contribution is 2.43. The molecule has 2 aliphatic heterocycles. The standard InChI is InChI=1S/C26H29N3O3/c1-17-6-8-23-22(12-17)18(15-28-23)10-11-27-25(31)26(19-4-3-5-21(13-19)32-2)14-20-7-9-24(30)29(20)16-26/h3-6,8,12-13,15,20,28H,7,9-11,14,16H2,1-2H3,(H,27,31)/t20-,26-/m0/s1. The van der Waals surface area contributed by atoms with E-state index in [0.29, 0.717) is 25.9 Å². The maximum Gasteiger partial charge on any atom is 0.232 e. The topological polar surface area (TPSA) is 74.4 Å². The Kier molecular flexibility index (Phi) is 5.16. The number of amides is 2. The molecule has 0 aliphatic carbocycles. The van der Waals surface area contributed by atoms with Crippen LogP contribution in [0.2, 0.25) is 0 Å². The minimum absolute atomic E-state index is 0.0102. The van der Waals surface area contributed by atoms with Gasteiger partial charge in [0.1, 0.15) is 5.75 Å². The fourth-order valence-corrected chi connectivity index (χ4v) is 5.38. The number of rotatable bonds is 6. The maximum atomic E-state index is 13.7. The Morgan fingerprint density at radius 1 is 1.28 bits per heavy atom.